The molecule has 1 amide bonds. The molecule has 0 radical (unpaired) electrons. The number of amides is 1. The molecule has 0 aromatic carbocycles. The first-order valence-corrected chi connectivity index (χ1v) is 7.24. The van der Waals surface area contributed by atoms with Crippen LogP contribution in [0.3, 0.4) is 0 Å². The lowest BCUT2D eigenvalue weighted by molar-refractivity contribution is -0.173. The maximum absolute atomic E-state index is 12.2. The molecule has 24 heavy (non-hydrogen) atoms. The minimum atomic E-state index is -4.91. The van der Waals surface area contributed by atoms with Crippen molar-refractivity contribution in [1.29, 1.82) is 0 Å². The van der Waals surface area contributed by atoms with E-state index in [1.807, 2.05) is 17.1 Å². The molecule has 2 aromatic rings. The highest BCUT2D eigenvalue weighted by Crippen LogP contribution is 2.33. The molecule has 10 heteroatoms. The van der Waals surface area contributed by atoms with E-state index >= 15 is 0 Å². The fraction of sp³-hybridized carbons (Fsp3) is 0.500. The molecule has 2 heterocycles. The summed E-state index contributed by atoms with van der Waals surface area (Å²) in [4.78, 5) is 12.7. The Hall–Kier alpha value is -2.52. The quantitative estimate of drug-likeness (QED) is 0.866. The smallest absolute Gasteiger partial charge is 0.359 e. The lowest BCUT2D eigenvalue weighted by atomic mass is 10.2. The van der Waals surface area contributed by atoms with Gasteiger partial charge in [0.15, 0.2) is 11.5 Å². The number of aromatic nitrogens is 2. The van der Waals surface area contributed by atoms with Crippen LogP contribution in [0.25, 0.3) is 0 Å². The fourth-order valence-electron chi connectivity index (χ4n) is 2.32. The van der Waals surface area contributed by atoms with E-state index in [0.717, 1.165) is 0 Å². The Morgan fingerprint density at radius 2 is 2.00 bits per heavy atom. The number of anilines is 2. The second kappa shape index (κ2) is 6.93. The predicted octanol–water partition coefficient (Wildman–Crippen LogP) is 2.66. The van der Waals surface area contributed by atoms with Gasteiger partial charge in [-0.2, -0.15) is 13.2 Å². The molecule has 1 N–H and O–H groups in total. The summed E-state index contributed by atoms with van der Waals surface area (Å²) in [6.45, 7) is 5.68. The van der Waals surface area contributed by atoms with Crippen LogP contribution in [0.15, 0.2) is 15.2 Å². The van der Waals surface area contributed by atoms with Gasteiger partial charge in [0.1, 0.15) is 17.1 Å². The van der Waals surface area contributed by atoms with Crippen molar-refractivity contribution in [1.82, 2.24) is 15.6 Å². The zero-order valence-corrected chi connectivity index (χ0v) is 13.4. The molecule has 0 spiro atoms. The van der Waals surface area contributed by atoms with Gasteiger partial charge in [-0.25, -0.2) is 0 Å². The zero-order chi connectivity index (χ0) is 17.9. The zero-order valence-electron chi connectivity index (χ0n) is 13.4. The molecule has 0 fully saturated rings. The van der Waals surface area contributed by atoms with Crippen LogP contribution in [0, 0.1) is 13.8 Å². The number of alkyl halides is 3. The summed E-state index contributed by atoms with van der Waals surface area (Å²) in [5, 5.41) is 9.42. The normalized spacial score (nSPS) is 11.6. The van der Waals surface area contributed by atoms with E-state index in [-0.39, 0.29) is 13.0 Å². The molecule has 0 bridgehead atoms. The maximum Gasteiger partial charge on any atom is 0.471 e. The van der Waals surface area contributed by atoms with Gasteiger partial charge in [0, 0.05) is 19.5 Å². The van der Waals surface area contributed by atoms with Crippen LogP contribution in [0.1, 0.15) is 24.1 Å². The van der Waals surface area contributed by atoms with Crippen molar-refractivity contribution in [2.24, 2.45) is 0 Å². The second-order valence-electron chi connectivity index (χ2n) is 5.05. The van der Waals surface area contributed by atoms with Gasteiger partial charge >= 0.3 is 12.1 Å². The number of hydrogen-bond donors (Lipinski definition) is 1. The average Bonchev–Trinajstić information content (AvgIpc) is 3.07. The summed E-state index contributed by atoms with van der Waals surface area (Å²) in [6.07, 6.45) is -3.27. The molecular formula is C14H17F3N4O3. The van der Waals surface area contributed by atoms with E-state index in [4.69, 9.17) is 9.05 Å². The van der Waals surface area contributed by atoms with E-state index in [1.165, 1.54) is 0 Å². The number of carbonyl (C=O) groups excluding carboxylic acids is 1. The third kappa shape index (κ3) is 3.69. The van der Waals surface area contributed by atoms with Crippen molar-refractivity contribution >= 4 is 17.3 Å². The first kappa shape index (κ1) is 17.8. The summed E-state index contributed by atoms with van der Waals surface area (Å²) in [7, 11) is 0. The number of halogens is 3. The van der Waals surface area contributed by atoms with Gasteiger partial charge in [-0.1, -0.05) is 10.3 Å². The van der Waals surface area contributed by atoms with E-state index in [0.29, 0.717) is 35.1 Å². The summed E-state index contributed by atoms with van der Waals surface area (Å²) in [5.74, 6) is -0.880. The largest absolute Gasteiger partial charge is 0.471 e. The summed E-state index contributed by atoms with van der Waals surface area (Å²) in [5.41, 5.74) is 1.78. The molecule has 2 rings (SSSR count). The molecule has 132 valence electrons. The van der Waals surface area contributed by atoms with E-state index in [2.05, 4.69) is 10.3 Å². The van der Waals surface area contributed by atoms with Crippen LogP contribution in [0.5, 0.6) is 0 Å². The van der Waals surface area contributed by atoms with Crippen LogP contribution < -0.4 is 10.2 Å². The van der Waals surface area contributed by atoms with Gasteiger partial charge in [0.2, 0.25) is 0 Å². The van der Waals surface area contributed by atoms with Crippen LogP contribution in [-0.2, 0) is 11.2 Å². The summed E-state index contributed by atoms with van der Waals surface area (Å²) >= 11 is 0. The molecule has 0 saturated carbocycles. The highest BCUT2D eigenvalue weighted by molar-refractivity contribution is 5.81. The molecule has 0 saturated heterocycles. The molecule has 7 nitrogen and oxygen atoms in total. The monoisotopic (exact) mass is 346 g/mol. The molecule has 0 aliphatic heterocycles. The minimum Gasteiger partial charge on any atom is -0.359 e. The molecule has 2 aromatic heterocycles. The van der Waals surface area contributed by atoms with E-state index in [1.54, 1.807) is 20.0 Å². The standard InChI is InChI=1S/C14H17F3N4O3/c1-4-21(11-7-19-23-8(11)2)12-9(3)24-20-10(12)5-6-18-13(22)14(15,16)17/h7H,4-6H2,1-3H3,(H,18,22). The van der Waals surface area contributed by atoms with Gasteiger partial charge in [0.25, 0.3) is 0 Å². The average molecular weight is 346 g/mol. The first-order valence-electron chi connectivity index (χ1n) is 7.24. The van der Waals surface area contributed by atoms with E-state index < -0.39 is 12.1 Å². The minimum absolute atomic E-state index is 0.0926. The highest BCUT2D eigenvalue weighted by atomic mass is 19.4. The Kier molecular flexibility index (Phi) is 5.15. The molecule has 0 aliphatic rings. The number of nitrogens with zero attached hydrogens (tertiary/aromatic N) is 3. The Bertz CT molecular complexity index is 708. The summed E-state index contributed by atoms with van der Waals surface area (Å²) in [6, 6.07) is 0. The SMILES string of the molecule is CCN(c1cnoc1C)c1c(CCNC(=O)C(F)(F)F)noc1C. The van der Waals surface area contributed by atoms with Crippen molar-refractivity contribution in [3.63, 3.8) is 0 Å². The van der Waals surface area contributed by atoms with Gasteiger partial charge in [0.05, 0.1) is 6.20 Å². The van der Waals surface area contributed by atoms with Gasteiger partial charge in [-0.15, -0.1) is 0 Å². The maximum atomic E-state index is 12.2. The van der Waals surface area contributed by atoms with Gasteiger partial charge in [-0.3, -0.25) is 4.79 Å². The van der Waals surface area contributed by atoms with Crippen molar-refractivity contribution in [2.45, 2.75) is 33.4 Å². The topological polar surface area (TPSA) is 84.4 Å². The Morgan fingerprint density at radius 1 is 1.29 bits per heavy atom. The second-order valence-corrected chi connectivity index (χ2v) is 5.05. The fourth-order valence-corrected chi connectivity index (χ4v) is 2.32. The molecule has 0 unspecified atom stereocenters. The van der Waals surface area contributed by atoms with Crippen LogP contribution >= 0.6 is 0 Å². The molecular weight excluding hydrogens is 329 g/mol. The van der Waals surface area contributed by atoms with Crippen molar-refractivity contribution in [3.8, 4) is 0 Å². The van der Waals surface area contributed by atoms with Crippen molar-refractivity contribution in [2.75, 3.05) is 18.0 Å². The highest BCUT2D eigenvalue weighted by Gasteiger charge is 2.38. The number of nitrogens with one attached hydrogen (secondary N) is 1. The van der Waals surface area contributed by atoms with Gasteiger partial charge < -0.3 is 19.3 Å². The lowest BCUT2D eigenvalue weighted by Crippen LogP contribution is -2.37. The number of aryl methyl sites for hydroxylation is 2. The third-order valence-electron chi connectivity index (χ3n) is 3.41. The predicted molar refractivity (Wildman–Crippen MR) is 77.9 cm³/mol. The molecule has 0 atom stereocenters. The van der Waals surface area contributed by atoms with E-state index in [9.17, 15) is 18.0 Å². The van der Waals surface area contributed by atoms with Crippen LogP contribution in [0.4, 0.5) is 24.5 Å². The van der Waals surface area contributed by atoms with Crippen molar-refractivity contribution < 1.29 is 27.0 Å². The van der Waals surface area contributed by atoms with Crippen LogP contribution in [-0.4, -0.2) is 35.5 Å². The lowest BCUT2D eigenvalue weighted by Gasteiger charge is -2.21. The number of hydrogen-bond acceptors (Lipinski definition) is 6. The summed E-state index contributed by atoms with van der Waals surface area (Å²) < 4.78 is 46.8. The Labute approximate surface area is 135 Å². The Balaban J connectivity index is 2.16. The van der Waals surface area contributed by atoms with Gasteiger partial charge in [-0.05, 0) is 20.8 Å². The van der Waals surface area contributed by atoms with Crippen LogP contribution in [0.2, 0.25) is 0 Å². The third-order valence-corrected chi connectivity index (χ3v) is 3.41. The molecule has 0 aliphatic carbocycles. The number of rotatable bonds is 6. The Morgan fingerprint density at radius 3 is 2.54 bits per heavy atom. The number of carbonyl (C=O) groups is 1. The van der Waals surface area contributed by atoms with Crippen molar-refractivity contribution in [3.05, 3.63) is 23.4 Å². The first-order chi connectivity index (χ1) is 11.3.